The molecule has 0 bridgehead atoms. The summed E-state index contributed by atoms with van der Waals surface area (Å²) in [5.74, 6) is 2.34. The normalized spacial score (nSPS) is 15.3. The lowest BCUT2D eigenvalue weighted by molar-refractivity contribution is -0.117. The van der Waals surface area contributed by atoms with Crippen LogP contribution in [0.15, 0.2) is 42.5 Å². The average Bonchev–Trinajstić information content (AvgIpc) is 2.86. The van der Waals surface area contributed by atoms with Gasteiger partial charge in [0.2, 0.25) is 5.91 Å². The van der Waals surface area contributed by atoms with Crippen molar-refractivity contribution in [1.82, 2.24) is 9.80 Å². The minimum absolute atomic E-state index is 0.114. The van der Waals surface area contributed by atoms with Crippen molar-refractivity contribution in [1.29, 1.82) is 0 Å². The second kappa shape index (κ2) is 13.8. The van der Waals surface area contributed by atoms with E-state index in [0.29, 0.717) is 48.4 Å². The number of benzene rings is 2. The topological polar surface area (TPSA) is 92.7 Å². The molecule has 1 saturated heterocycles. The number of carbonyl (C=O) groups is 1. The summed E-state index contributed by atoms with van der Waals surface area (Å²) in [6.45, 7) is 8.76. The van der Waals surface area contributed by atoms with Crippen molar-refractivity contribution in [2.24, 2.45) is 0 Å². The maximum atomic E-state index is 12.8. The summed E-state index contributed by atoms with van der Waals surface area (Å²) >= 11 is 0. The number of aliphatic hydroxyl groups is 1. The number of hydrogen-bond donors (Lipinski definition) is 2. The number of β-amino-alcohol motifs (C(OH)–C–C–N with tert-alkyl or cyclic N) is 1. The van der Waals surface area contributed by atoms with Crippen LogP contribution in [0.3, 0.4) is 0 Å². The molecule has 2 N–H and O–H groups in total. The van der Waals surface area contributed by atoms with Crippen molar-refractivity contribution in [3.63, 3.8) is 0 Å². The Bertz CT molecular complexity index is 909. The van der Waals surface area contributed by atoms with Gasteiger partial charge >= 0.3 is 0 Å². The van der Waals surface area contributed by atoms with Crippen molar-refractivity contribution in [2.75, 3.05) is 71.5 Å². The predicted octanol–water partition coefficient (Wildman–Crippen LogP) is 2.49. The number of anilines is 1. The van der Waals surface area contributed by atoms with Crippen molar-refractivity contribution < 1.29 is 28.8 Å². The number of nitrogens with one attached hydrogen (secondary N) is 1. The number of carbonyl (C=O) groups excluding carboxylic acids is 1. The number of hydrogen-bond acceptors (Lipinski definition) is 8. The van der Waals surface area contributed by atoms with Gasteiger partial charge in [0.15, 0.2) is 11.5 Å². The Labute approximate surface area is 207 Å². The lowest BCUT2D eigenvalue weighted by Crippen LogP contribution is -2.50. The zero-order valence-corrected chi connectivity index (χ0v) is 20.9. The SMILES string of the molecule is CCOc1cccc(OCC)c1NC(=O)CN1CCN(CC(O)COc2ccccc2OC)CC1. The molecule has 1 aliphatic rings. The van der Waals surface area contributed by atoms with Crippen LogP contribution in [0.1, 0.15) is 13.8 Å². The lowest BCUT2D eigenvalue weighted by Gasteiger charge is -2.35. The molecule has 2 aromatic carbocycles. The molecule has 0 spiro atoms. The average molecular weight is 488 g/mol. The molecular formula is C26H37N3O6. The van der Waals surface area contributed by atoms with Crippen LogP contribution in [0.5, 0.6) is 23.0 Å². The predicted molar refractivity (Wildman–Crippen MR) is 135 cm³/mol. The van der Waals surface area contributed by atoms with E-state index in [4.69, 9.17) is 18.9 Å². The number of nitrogens with zero attached hydrogens (tertiary/aromatic N) is 2. The molecular weight excluding hydrogens is 450 g/mol. The molecule has 9 heteroatoms. The van der Waals surface area contributed by atoms with Crippen molar-refractivity contribution >= 4 is 11.6 Å². The minimum Gasteiger partial charge on any atom is -0.493 e. The smallest absolute Gasteiger partial charge is 0.238 e. The first kappa shape index (κ1) is 26.6. The quantitative estimate of drug-likeness (QED) is 0.445. The first-order valence-corrected chi connectivity index (χ1v) is 12.1. The van der Waals surface area contributed by atoms with Crippen LogP contribution in [0, 0.1) is 0 Å². The molecule has 3 rings (SSSR count). The molecule has 0 radical (unpaired) electrons. The van der Waals surface area contributed by atoms with Gasteiger partial charge in [0.25, 0.3) is 0 Å². The van der Waals surface area contributed by atoms with E-state index < -0.39 is 6.10 Å². The number of ether oxygens (including phenoxy) is 4. The van der Waals surface area contributed by atoms with E-state index >= 15 is 0 Å². The van der Waals surface area contributed by atoms with E-state index in [2.05, 4.69) is 15.1 Å². The fourth-order valence-electron chi connectivity index (χ4n) is 3.97. The summed E-state index contributed by atoms with van der Waals surface area (Å²) in [5.41, 5.74) is 0.568. The zero-order chi connectivity index (χ0) is 25.0. The van der Waals surface area contributed by atoms with Gasteiger partial charge in [-0.1, -0.05) is 18.2 Å². The van der Waals surface area contributed by atoms with Crippen LogP contribution in [0.4, 0.5) is 5.69 Å². The summed E-state index contributed by atoms with van der Waals surface area (Å²) < 4.78 is 22.3. The Hall–Kier alpha value is -3.01. The standard InChI is InChI=1S/C26H37N3O6/c1-4-33-23-11-8-12-24(34-5-2)26(23)27-25(31)18-29-15-13-28(14-16-29)17-20(30)19-35-22-10-7-6-9-21(22)32-3/h6-12,20,30H,4-5,13-19H2,1-3H3,(H,27,31). The molecule has 1 heterocycles. The Morgan fingerprint density at radius 1 is 0.886 bits per heavy atom. The molecule has 192 valence electrons. The van der Waals surface area contributed by atoms with Gasteiger partial charge < -0.3 is 29.4 Å². The minimum atomic E-state index is -0.623. The molecule has 1 unspecified atom stereocenters. The summed E-state index contributed by atoms with van der Waals surface area (Å²) in [7, 11) is 1.59. The second-order valence-electron chi connectivity index (χ2n) is 8.24. The van der Waals surface area contributed by atoms with Gasteiger partial charge in [-0.05, 0) is 38.1 Å². The fourth-order valence-corrected chi connectivity index (χ4v) is 3.97. The largest absolute Gasteiger partial charge is 0.493 e. The molecule has 35 heavy (non-hydrogen) atoms. The fraction of sp³-hybridized carbons (Fsp3) is 0.500. The summed E-state index contributed by atoms with van der Waals surface area (Å²) in [4.78, 5) is 17.1. The number of aliphatic hydroxyl groups excluding tert-OH is 1. The third-order valence-corrected chi connectivity index (χ3v) is 5.65. The summed E-state index contributed by atoms with van der Waals surface area (Å²) in [6, 6.07) is 12.9. The van der Waals surface area contributed by atoms with Crippen molar-refractivity contribution in [3.05, 3.63) is 42.5 Å². The van der Waals surface area contributed by atoms with Crippen LogP contribution in [-0.4, -0.2) is 93.1 Å². The number of rotatable bonds is 13. The highest BCUT2D eigenvalue weighted by Gasteiger charge is 2.22. The Balaban J connectivity index is 1.43. The number of piperazine rings is 1. The molecule has 0 aliphatic carbocycles. The molecule has 1 amide bonds. The maximum absolute atomic E-state index is 12.8. The Morgan fingerprint density at radius 2 is 1.46 bits per heavy atom. The third-order valence-electron chi connectivity index (χ3n) is 5.65. The molecule has 0 aromatic heterocycles. The van der Waals surface area contributed by atoms with Gasteiger partial charge in [-0.15, -0.1) is 0 Å². The van der Waals surface area contributed by atoms with Crippen LogP contribution in [0.2, 0.25) is 0 Å². The highest BCUT2D eigenvalue weighted by Crippen LogP contribution is 2.34. The summed E-state index contributed by atoms with van der Waals surface area (Å²) in [5, 5.41) is 13.4. The monoisotopic (exact) mass is 487 g/mol. The summed E-state index contributed by atoms with van der Waals surface area (Å²) in [6.07, 6.45) is -0.623. The Kier molecular flexibility index (Phi) is 10.5. The van der Waals surface area contributed by atoms with Gasteiger partial charge in [0.1, 0.15) is 29.9 Å². The third kappa shape index (κ3) is 8.02. The second-order valence-corrected chi connectivity index (χ2v) is 8.24. The highest BCUT2D eigenvalue weighted by atomic mass is 16.5. The van der Waals surface area contributed by atoms with E-state index in [0.717, 1.165) is 26.2 Å². The molecule has 0 saturated carbocycles. The van der Waals surface area contributed by atoms with Gasteiger partial charge in [0.05, 0.1) is 26.9 Å². The Morgan fingerprint density at radius 3 is 2.06 bits per heavy atom. The van der Waals surface area contributed by atoms with Crippen molar-refractivity contribution in [3.8, 4) is 23.0 Å². The number of methoxy groups -OCH3 is 1. The highest BCUT2D eigenvalue weighted by molar-refractivity contribution is 5.95. The number of para-hydroxylation sites is 3. The van der Waals surface area contributed by atoms with Crippen LogP contribution in [-0.2, 0) is 4.79 Å². The van der Waals surface area contributed by atoms with Crippen molar-refractivity contribution in [2.45, 2.75) is 20.0 Å². The van der Waals surface area contributed by atoms with E-state index in [1.807, 2.05) is 56.3 Å². The first-order chi connectivity index (χ1) is 17.0. The molecule has 1 fully saturated rings. The van der Waals surface area contributed by atoms with Gasteiger partial charge in [-0.2, -0.15) is 0 Å². The van der Waals surface area contributed by atoms with E-state index in [-0.39, 0.29) is 19.1 Å². The van der Waals surface area contributed by atoms with Gasteiger partial charge in [0, 0.05) is 32.7 Å². The first-order valence-electron chi connectivity index (χ1n) is 12.1. The molecule has 1 aliphatic heterocycles. The zero-order valence-electron chi connectivity index (χ0n) is 20.9. The molecule has 1 atom stereocenters. The van der Waals surface area contributed by atoms with E-state index in [1.165, 1.54) is 0 Å². The number of amides is 1. The maximum Gasteiger partial charge on any atom is 0.238 e. The molecule has 9 nitrogen and oxygen atoms in total. The van der Waals surface area contributed by atoms with Crippen LogP contribution in [0.25, 0.3) is 0 Å². The van der Waals surface area contributed by atoms with Crippen LogP contribution < -0.4 is 24.3 Å². The van der Waals surface area contributed by atoms with Crippen LogP contribution >= 0.6 is 0 Å². The van der Waals surface area contributed by atoms with Gasteiger partial charge in [-0.3, -0.25) is 14.6 Å². The van der Waals surface area contributed by atoms with Gasteiger partial charge in [-0.25, -0.2) is 0 Å². The molecule has 2 aromatic rings. The lowest BCUT2D eigenvalue weighted by atomic mass is 10.2. The van der Waals surface area contributed by atoms with E-state index in [1.54, 1.807) is 7.11 Å². The van der Waals surface area contributed by atoms with E-state index in [9.17, 15) is 9.90 Å².